The minimum Gasteiger partial charge on any atom is -0.305 e. The van der Waals surface area contributed by atoms with Crippen LogP contribution in [0.25, 0.3) is 0 Å². The van der Waals surface area contributed by atoms with Gasteiger partial charge in [-0.2, -0.15) is 11.8 Å². The fourth-order valence-corrected chi connectivity index (χ4v) is 4.00. The molecule has 0 aromatic carbocycles. The summed E-state index contributed by atoms with van der Waals surface area (Å²) in [5.41, 5.74) is 0.955. The van der Waals surface area contributed by atoms with Crippen LogP contribution in [-0.4, -0.2) is 22.0 Å². The van der Waals surface area contributed by atoms with Gasteiger partial charge in [-0.3, -0.25) is 4.98 Å². The number of halogens is 1. The van der Waals surface area contributed by atoms with Crippen molar-refractivity contribution in [2.24, 2.45) is 0 Å². The van der Waals surface area contributed by atoms with Gasteiger partial charge in [0, 0.05) is 17.3 Å². The van der Waals surface area contributed by atoms with Crippen LogP contribution in [0.5, 0.6) is 0 Å². The molecule has 0 spiro atoms. The van der Waals surface area contributed by atoms with E-state index in [9.17, 15) is 4.39 Å². The fourth-order valence-electron chi connectivity index (χ4n) is 2.79. The van der Waals surface area contributed by atoms with Crippen LogP contribution in [0.2, 0.25) is 0 Å². The number of rotatable bonds is 6. The maximum Gasteiger partial charge on any atom is 0.141 e. The second-order valence-electron chi connectivity index (χ2n) is 5.06. The third-order valence-corrected chi connectivity index (χ3v) is 5.09. The molecule has 1 N–H and O–H groups in total. The molecule has 1 heterocycles. The summed E-state index contributed by atoms with van der Waals surface area (Å²) in [6, 6.07) is 4.11. The van der Waals surface area contributed by atoms with Gasteiger partial charge in [0.25, 0.3) is 0 Å². The van der Waals surface area contributed by atoms with Crippen LogP contribution in [0.1, 0.15) is 51.3 Å². The lowest BCUT2D eigenvalue weighted by atomic mass is 10.1. The molecule has 2 nitrogen and oxygen atoms in total. The monoisotopic (exact) mass is 282 g/mol. The molecular formula is C15H23FN2S. The molecule has 3 unspecified atom stereocenters. The van der Waals surface area contributed by atoms with E-state index in [1.807, 2.05) is 0 Å². The molecule has 0 radical (unpaired) electrons. The van der Waals surface area contributed by atoms with Crippen molar-refractivity contribution in [2.45, 2.75) is 56.9 Å². The fraction of sp³-hybridized carbons (Fsp3) is 0.667. The summed E-state index contributed by atoms with van der Waals surface area (Å²) < 4.78 is 12.9. The molecule has 0 saturated heterocycles. The molecule has 4 heteroatoms. The third kappa shape index (κ3) is 3.93. The molecule has 19 heavy (non-hydrogen) atoms. The summed E-state index contributed by atoms with van der Waals surface area (Å²) in [6.07, 6.45) is 6.16. The summed E-state index contributed by atoms with van der Waals surface area (Å²) in [7, 11) is 0. The molecule has 3 atom stereocenters. The smallest absolute Gasteiger partial charge is 0.141 e. The van der Waals surface area contributed by atoms with E-state index in [1.54, 1.807) is 6.07 Å². The second kappa shape index (κ2) is 7.25. The minimum atomic E-state index is -0.265. The molecule has 1 aromatic rings. The van der Waals surface area contributed by atoms with Gasteiger partial charge in [0.2, 0.25) is 0 Å². The van der Waals surface area contributed by atoms with Crippen molar-refractivity contribution in [3.8, 4) is 0 Å². The van der Waals surface area contributed by atoms with Gasteiger partial charge < -0.3 is 5.32 Å². The molecule has 1 fully saturated rings. The van der Waals surface area contributed by atoms with Crippen molar-refractivity contribution in [3.05, 3.63) is 29.8 Å². The number of thioether (sulfide) groups is 1. The van der Waals surface area contributed by atoms with Crippen molar-refractivity contribution in [1.29, 1.82) is 0 Å². The Labute approximate surface area is 119 Å². The van der Waals surface area contributed by atoms with E-state index < -0.39 is 0 Å². The van der Waals surface area contributed by atoms with E-state index in [4.69, 9.17) is 0 Å². The zero-order chi connectivity index (χ0) is 13.7. The number of nitrogens with one attached hydrogen (secondary N) is 1. The van der Waals surface area contributed by atoms with Crippen molar-refractivity contribution in [2.75, 3.05) is 5.75 Å². The average molecular weight is 282 g/mol. The predicted molar refractivity (Wildman–Crippen MR) is 79.9 cm³/mol. The van der Waals surface area contributed by atoms with Gasteiger partial charge in [-0.25, -0.2) is 4.39 Å². The second-order valence-corrected chi connectivity index (χ2v) is 6.58. The van der Waals surface area contributed by atoms with Crippen molar-refractivity contribution < 1.29 is 4.39 Å². The molecule has 0 aliphatic heterocycles. The summed E-state index contributed by atoms with van der Waals surface area (Å²) >= 11 is 2.05. The molecule has 1 aliphatic carbocycles. The Morgan fingerprint density at radius 1 is 1.42 bits per heavy atom. The zero-order valence-corrected chi connectivity index (χ0v) is 12.5. The Bertz CT molecular complexity index is 382. The SMILES string of the molecule is CCSC1CCCC1NC(CC)c1ccc(F)cn1. The first-order chi connectivity index (χ1) is 9.24. The van der Waals surface area contributed by atoms with Crippen molar-refractivity contribution in [1.82, 2.24) is 10.3 Å². The highest BCUT2D eigenvalue weighted by atomic mass is 32.2. The number of nitrogens with zero attached hydrogens (tertiary/aromatic N) is 1. The highest BCUT2D eigenvalue weighted by molar-refractivity contribution is 7.99. The molecule has 0 amide bonds. The van der Waals surface area contributed by atoms with E-state index in [0.29, 0.717) is 6.04 Å². The number of hydrogen-bond acceptors (Lipinski definition) is 3. The zero-order valence-electron chi connectivity index (χ0n) is 11.7. The Kier molecular flexibility index (Phi) is 5.64. The van der Waals surface area contributed by atoms with Gasteiger partial charge in [0.15, 0.2) is 0 Å². The topological polar surface area (TPSA) is 24.9 Å². The third-order valence-electron chi connectivity index (χ3n) is 3.76. The maximum absolute atomic E-state index is 12.9. The van der Waals surface area contributed by atoms with Crippen LogP contribution in [-0.2, 0) is 0 Å². The normalized spacial score (nSPS) is 24.6. The van der Waals surface area contributed by atoms with Crippen LogP contribution in [0.4, 0.5) is 4.39 Å². The van der Waals surface area contributed by atoms with Gasteiger partial charge in [-0.1, -0.05) is 20.3 Å². The summed E-state index contributed by atoms with van der Waals surface area (Å²) in [4.78, 5) is 4.22. The molecular weight excluding hydrogens is 259 g/mol. The predicted octanol–water partition coefficient (Wildman–Crippen LogP) is 3.94. The minimum absolute atomic E-state index is 0.239. The van der Waals surface area contributed by atoms with Gasteiger partial charge in [-0.15, -0.1) is 0 Å². The van der Waals surface area contributed by atoms with Crippen molar-refractivity contribution in [3.63, 3.8) is 0 Å². The van der Waals surface area contributed by atoms with Crippen LogP contribution in [0.3, 0.4) is 0 Å². The number of pyridine rings is 1. The van der Waals surface area contributed by atoms with Crippen LogP contribution < -0.4 is 5.32 Å². The summed E-state index contributed by atoms with van der Waals surface area (Å²) in [5, 5.41) is 4.45. The largest absolute Gasteiger partial charge is 0.305 e. The van der Waals surface area contributed by atoms with E-state index >= 15 is 0 Å². The first kappa shape index (κ1) is 14.8. The maximum atomic E-state index is 12.9. The molecule has 1 aliphatic rings. The van der Waals surface area contributed by atoms with E-state index in [1.165, 1.54) is 37.3 Å². The summed E-state index contributed by atoms with van der Waals surface area (Å²) in [6.45, 7) is 4.37. The van der Waals surface area contributed by atoms with Crippen LogP contribution in [0, 0.1) is 5.82 Å². The quantitative estimate of drug-likeness (QED) is 0.855. The highest BCUT2D eigenvalue weighted by Crippen LogP contribution is 2.31. The summed E-state index contributed by atoms with van der Waals surface area (Å²) in [5.74, 6) is 0.910. The van der Waals surface area contributed by atoms with Crippen molar-refractivity contribution >= 4 is 11.8 Å². The molecule has 106 valence electrons. The average Bonchev–Trinajstić information content (AvgIpc) is 2.85. The van der Waals surface area contributed by atoms with Gasteiger partial charge in [-0.05, 0) is 37.1 Å². The van der Waals surface area contributed by atoms with E-state index in [-0.39, 0.29) is 11.9 Å². The van der Waals surface area contributed by atoms with Gasteiger partial charge in [0.1, 0.15) is 5.82 Å². The highest BCUT2D eigenvalue weighted by Gasteiger charge is 2.29. The molecule has 1 aromatic heterocycles. The lowest BCUT2D eigenvalue weighted by Gasteiger charge is -2.26. The standard InChI is InChI=1S/C15H23FN2S/c1-3-12(13-9-8-11(16)10-17-13)18-14-6-5-7-15(14)19-4-2/h8-10,12,14-15,18H,3-7H2,1-2H3. The first-order valence-electron chi connectivity index (χ1n) is 7.23. The Balaban J connectivity index is 2.00. The van der Waals surface area contributed by atoms with E-state index in [0.717, 1.165) is 17.4 Å². The first-order valence-corrected chi connectivity index (χ1v) is 8.28. The lowest BCUT2D eigenvalue weighted by Crippen LogP contribution is -2.37. The molecule has 1 saturated carbocycles. The Morgan fingerprint density at radius 3 is 2.89 bits per heavy atom. The molecule has 2 rings (SSSR count). The Morgan fingerprint density at radius 2 is 2.26 bits per heavy atom. The van der Waals surface area contributed by atoms with Gasteiger partial charge in [0.05, 0.1) is 11.9 Å². The molecule has 0 bridgehead atoms. The Hall–Kier alpha value is -0.610. The lowest BCUT2D eigenvalue weighted by molar-refractivity contribution is 0.427. The van der Waals surface area contributed by atoms with Crippen LogP contribution in [0.15, 0.2) is 18.3 Å². The number of hydrogen-bond donors (Lipinski definition) is 1. The van der Waals surface area contributed by atoms with Gasteiger partial charge >= 0.3 is 0 Å². The number of aromatic nitrogens is 1. The van der Waals surface area contributed by atoms with E-state index in [2.05, 4.69) is 35.9 Å². The van der Waals surface area contributed by atoms with Crippen LogP contribution >= 0.6 is 11.8 Å².